The number of hydrogen-bond acceptors (Lipinski definition) is 4. The number of aromatic nitrogens is 1. The number of fused-ring (bicyclic) bond motifs is 1. The average molecular weight is 448 g/mol. The summed E-state index contributed by atoms with van der Waals surface area (Å²) in [6.07, 6.45) is 5.45. The molecule has 1 saturated carbocycles. The Morgan fingerprint density at radius 3 is 2.73 bits per heavy atom. The van der Waals surface area contributed by atoms with Crippen molar-refractivity contribution < 1.29 is 23.8 Å². The van der Waals surface area contributed by atoms with Gasteiger partial charge in [0.05, 0.1) is 19.2 Å². The van der Waals surface area contributed by atoms with Crippen molar-refractivity contribution in [2.24, 2.45) is 5.92 Å². The topological polar surface area (TPSA) is 68.7 Å². The van der Waals surface area contributed by atoms with Gasteiger partial charge in [0.25, 0.3) is 0 Å². The maximum atomic E-state index is 14.3. The van der Waals surface area contributed by atoms with E-state index < -0.39 is 5.97 Å². The Morgan fingerprint density at radius 1 is 1.18 bits per heavy atom. The second-order valence-corrected chi connectivity index (χ2v) is 8.87. The minimum atomic E-state index is -0.764. The van der Waals surface area contributed by atoms with Gasteiger partial charge >= 0.3 is 5.97 Å². The van der Waals surface area contributed by atoms with Gasteiger partial charge in [0.2, 0.25) is 0 Å². The van der Waals surface area contributed by atoms with Crippen molar-refractivity contribution in [3.63, 3.8) is 0 Å². The molecule has 2 heterocycles. The van der Waals surface area contributed by atoms with Crippen LogP contribution in [-0.4, -0.2) is 23.2 Å². The van der Waals surface area contributed by atoms with Crippen molar-refractivity contribution in [3.8, 4) is 22.6 Å². The van der Waals surface area contributed by atoms with Crippen LogP contribution in [-0.2, 0) is 11.2 Å². The van der Waals surface area contributed by atoms with Crippen LogP contribution < -0.4 is 9.47 Å². The smallest absolute Gasteiger partial charge is 0.303 e. The summed E-state index contributed by atoms with van der Waals surface area (Å²) >= 11 is 0. The zero-order valence-corrected chi connectivity index (χ0v) is 18.5. The first-order valence-corrected chi connectivity index (χ1v) is 11.3. The minimum absolute atomic E-state index is 0.0342. The highest BCUT2D eigenvalue weighted by atomic mass is 19.1. The standard InChI is InChI=1S/C27H26FNO4/c1-32-20-8-9-23(28)22(13-20)19-6-10-24(29-15-19)25-11-7-17-4-5-18(12-26(17)33-25)21(14-27(30)31)16-2-3-16/h4-6,8-10,12-13,15-16,21,25H,2-3,7,11,14H2,1H3,(H,30,31). The molecule has 0 amide bonds. The first-order chi connectivity index (χ1) is 16.0. The van der Waals surface area contributed by atoms with E-state index in [1.54, 1.807) is 25.4 Å². The van der Waals surface area contributed by atoms with Gasteiger partial charge in [-0.15, -0.1) is 0 Å². The average Bonchev–Trinajstić information content (AvgIpc) is 3.68. The van der Waals surface area contributed by atoms with Gasteiger partial charge in [0.15, 0.2) is 0 Å². The van der Waals surface area contributed by atoms with Crippen molar-refractivity contribution in [1.29, 1.82) is 0 Å². The van der Waals surface area contributed by atoms with Crippen molar-refractivity contribution in [2.75, 3.05) is 7.11 Å². The molecule has 33 heavy (non-hydrogen) atoms. The fraction of sp³-hybridized carbons (Fsp3) is 0.333. The molecule has 0 radical (unpaired) electrons. The summed E-state index contributed by atoms with van der Waals surface area (Å²) in [4.78, 5) is 15.9. The monoisotopic (exact) mass is 447 g/mol. The number of rotatable bonds is 7. The Kier molecular flexibility index (Phi) is 5.75. The summed E-state index contributed by atoms with van der Waals surface area (Å²) in [5, 5.41) is 9.33. The lowest BCUT2D eigenvalue weighted by molar-refractivity contribution is -0.137. The molecule has 1 aliphatic heterocycles. The number of pyridine rings is 1. The van der Waals surface area contributed by atoms with E-state index in [1.165, 1.54) is 6.07 Å². The number of carboxylic acids is 1. The Bertz CT molecular complexity index is 1170. The van der Waals surface area contributed by atoms with E-state index >= 15 is 0 Å². The largest absolute Gasteiger partial charge is 0.497 e. The third-order valence-electron chi connectivity index (χ3n) is 6.65. The number of carbonyl (C=O) groups is 1. The molecule has 0 bridgehead atoms. The molecule has 2 aliphatic rings. The number of carboxylic acid groups (broad SMARTS) is 1. The highest BCUT2D eigenvalue weighted by Crippen LogP contribution is 2.46. The summed E-state index contributed by atoms with van der Waals surface area (Å²) in [5.74, 6) is 0.791. The summed E-state index contributed by atoms with van der Waals surface area (Å²) in [7, 11) is 1.55. The molecule has 5 rings (SSSR count). The van der Waals surface area contributed by atoms with E-state index in [0.29, 0.717) is 22.8 Å². The van der Waals surface area contributed by atoms with Crippen molar-refractivity contribution in [2.45, 2.75) is 44.1 Å². The fourth-order valence-corrected chi connectivity index (χ4v) is 4.68. The van der Waals surface area contributed by atoms with Crippen LogP contribution in [0.1, 0.15) is 54.5 Å². The van der Waals surface area contributed by atoms with Gasteiger partial charge in [-0.05, 0) is 79.0 Å². The van der Waals surface area contributed by atoms with Crippen LogP contribution in [0.15, 0.2) is 54.7 Å². The molecule has 2 aromatic carbocycles. The normalized spacial score (nSPS) is 18.2. The van der Waals surface area contributed by atoms with E-state index in [-0.39, 0.29) is 24.3 Å². The molecule has 0 saturated heterocycles. The van der Waals surface area contributed by atoms with Crippen molar-refractivity contribution in [1.82, 2.24) is 4.98 Å². The van der Waals surface area contributed by atoms with Crippen LogP contribution in [0, 0.1) is 11.7 Å². The second kappa shape index (κ2) is 8.85. The number of aryl methyl sites for hydroxylation is 1. The molecule has 3 aromatic rings. The zero-order valence-electron chi connectivity index (χ0n) is 18.5. The van der Waals surface area contributed by atoms with Gasteiger partial charge < -0.3 is 14.6 Å². The molecule has 2 unspecified atom stereocenters. The lowest BCUT2D eigenvalue weighted by Gasteiger charge is -2.27. The lowest BCUT2D eigenvalue weighted by atomic mass is 9.89. The van der Waals surface area contributed by atoms with E-state index in [9.17, 15) is 14.3 Å². The fourth-order valence-electron chi connectivity index (χ4n) is 4.68. The van der Waals surface area contributed by atoms with Gasteiger partial charge in [-0.1, -0.05) is 18.2 Å². The third kappa shape index (κ3) is 4.56. The van der Waals surface area contributed by atoms with Gasteiger partial charge in [-0.3, -0.25) is 9.78 Å². The van der Waals surface area contributed by atoms with E-state index in [1.807, 2.05) is 18.2 Å². The highest BCUT2D eigenvalue weighted by molar-refractivity contribution is 5.68. The summed E-state index contributed by atoms with van der Waals surface area (Å²) < 4.78 is 25.8. The molecule has 170 valence electrons. The number of methoxy groups -OCH3 is 1. The van der Waals surface area contributed by atoms with Crippen LogP contribution in [0.2, 0.25) is 0 Å². The quantitative estimate of drug-likeness (QED) is 0.486. The highest BCUT2D eigenvalue weighted by Gasteiger charge is 2.34. The molecule has 5 nitrogen and oxygen atoms in total. The Balaban J connectivity index is 1.36. The van der Waals surface area contributed by atoms with Crippen molar-refractivity contribution >= 4 is 5.97 Å². The molecular formula is C27H26FNO4. The van der Waals surface area contributed by atoms with Crippen LogP contribution >= 0.6 is 0 Å². The van der Waals surface area contributed by atoms with Crippen LogP contribution in [0.3, 0.4) is 0 Å². The summed E-state index contributed by atoms with van der Waals surface area (Å²) in [5.41, 5.74) is 4.08. The lowest BCUT2D eigenvalue weighted by Crippen LogP contribution is -2.17. The molecular weight excluding hydrogens is 421 g/mol. The van der Waals surface area contributed by atoms with E-state index in [4.69, 9.17) is 9.47 Å². The first-order valence-electron chi connectivity index (χ1n) is 11.3. The number of aliphatic carboxylic acids is 1. The third-order valence-corrected chi connectivity index (χ3v) is 6.65. The molecule has 1 aromatic heterocycles. The van der Waals surface area contributed by atoms with Crippen LogP contribution in [0.5, 0.6) is 11.5 Å². The van der Waals surface area contributed by atoms with Gasteiger partial charge in [-0.2, -0.15) is 0 Å². The maximum Gasteiger partial charge on any atom is 0.303 e. The minimum Gasteiger partial charge on any atom is -0.497 e. The number of hydrogen-bond donors (Lipinski definition) is 1. The Labute approximate surface area is 192 Å². The van der Waals surface area contributed by atoms with Gasteiger partial charge in [0.1, 0.15) is 23.4 Å². The summed E-state index contributed by atoms with van der Waals surface area (Å²) in [6.45, 7) is 0. The SMILES string of the molecule is COc1ccc(F)c(-c2ccc(C3CCc4ccc(C(CC(=O)O)C5CC5)cc4O3)nc2)c1. The number of nitrogens with zero attached hydrogens (tertiary/aromatic N) is 1. The molecule has 1 aliphatic carbocycles. The summed E-state index contributed by atoms with van der Waals surface area (Å²) in [6, 6.07) is 14.5. The number of ether oxygens (including phenoxy) is 2. The van der Waals surface area contributed by atoms with E-state index in [2.05, 4.69) is 17.1 Å². The van der Waals surface area contributed by atoms with Gasteiger partial charge in [-0.25, -0.2) is 4.39 Å². The zero-order chi connectivity index (χ0) is 22.9. The first kappa shape index (κ1) is 21.4. The molecule has 6 heteroatoms. The maximum absolute atomic E-state index is 14.3. The predicted molar refractivity (Wildman–Crippen MR) is 122 cm³/mol. The van der Waals surface area contributed by atoms with Gasteiger partial charge in [0, 0.05) is 17.3 Å². The van der Waals surface area contributed by atoms with E-state index in [0.717, 1.165) is 48.3 Å². The number of benzene rings is 2. The van der Waals surface area contributed by atoms with Crippen LogP contribution in [0.25, 0.3) is 11.1 Å². The molecule has 1 fully saturated rings. The Morgan fingerprint density at radius 2 is 2.03 bits per heavy atom. The Hall–Kier alpha value is -3.41. The predicted octanol–water partition coefficient (Wildman–Crippen LogP) is 5.93. The molecule has 0 spiro atoms. The number of halogens is 1. The molecule has 2 atom stereocenters. The molecule has 1 N–H and O–H groups in total. The van der Waals surface area contributed by atoms with Crippen molar-refractivity contribution in [3.05, 3.63) is 77.4 Å². The van der Waals surface area contributed by atoms with Crippen LogP contribution in [0.4, 0.5) is 4.39 Å². The second-order valence-electron chi connectivity index (χ2n) is 8.87.